The number of pyridine rings is 1. The summed E-state index contributed by atoms with van der Waals surface area (Å²) in [5.74, 6) is 0. The number of non-ortho nitro benzene ring substituents is 1. The van der Waals surface area contributed by atoms with Gasteiger partial charge < -0.3 is 9.72 Å². The molecule has 0 bridgehead atoms. The van der Waals surface area contributed by atoms with Gasteiger partial charge in [-0.2, -0.15) is 0 Å². The standard InChI is InChI=1S/C12H12N2O4/c1-2-18-7-8-6-13-11-9(12(8)15)4-3-5-10(11)14(16)17/h3-6H,2,7H2,1H3,(H,13,15). The SMILES string of the molecule is CCOCc1c[nH]c2c([N+](=O)[O-])cccc2c1=O. The van der Waals surface area contributed by atoms with Crippen LogP contribution in [0.15, 0.2) is 29.2 Å². The van der Waals surface area contributed by atoms with E-state index in [4.69, 9.17) is 4.74 Å². The van der Waals surface area contributed by atoms with Crippen LogP contribution in [0.1, 0.15) is 12.5 Å². The average Bonchev–Trinajstić information content (AvgIpc) is 2.37. The van der Waals surface area contributed by atoms with E-state index in [1.54, 1.807) is 6.07 Å². The number of rotatable bonds is 4. The van der Waals surface area contributed by atoms with Crippen LogP contribution in [-0.4, -0.2) is 16.5 Å². The van der Waals surface area contributed by atoms with Gasteiger partial charge >= 0.3 is 0 Å². The lowest BCUT2D eigenvalue weighted by molar-refractivity contribution is -0.383. The molecule has 94 valence electrons. The highest BCUT2D eigenvalue weighted by molar-refractivity contribution is 5.87. The first kappa shape index (κ1) is 12.3. The molecule has 0 saturated heterocycles. The number of ether oxygens (including phenoxy) is 1. The third-order valence-electron chi connectivity index (χ3n) is 2.63. The van der Waals surface area contributed by atoms with Gasteiger partial charge in [-0.15, -0.1) is 0 Å². The molecule has 0 radical (unpaired) electrons. The lowest BCUT2D eigenvalue weighted by Crippen LogP contribution is -2.12. The fourth-order valence-electron chi connectivity index (χ4n) is 1.75. The number of nitro groups is 1. The summed E-state index contributed by atoms with van der Waals surface area (Å²) in [5, 5.41) is 11.1. The largest absolute Gasteiger partial charge is 0.377 e. The van der Waals surface area contributed by atoms with Gasteiger partial charge in [0.15, 0.2) is 5.43 Å². The Labute approximate surface area is 102 Å². The van der Waals surface area contributed by atoms with Crippen LogP contribution >= 0.6 is 0 Å². The van der Waals surface area contributed by atoms with E-state index < -0.39 is 4.92 Å². The molecule has 1 aromatic heterocycles. The Hall–Kier alpha value is -2.21. The summed E-state index contributed by atoms with van der Waals surface area (Å²) in [7, 11) is 0. The van der Waals surface area contributed by atoms with Crippen LogP contribution in [-0.2, 0) is 11.3 Å². The summed E-state index contributed by atoms with van der Waals surface area (Å²) in [5.41, 5.74) is 0.367. The molecule has 6 heteroatoms. The van der Waals surface area contributed by atoms with Gasteiger partial charge in [-0.3, -0.25) is 14.9 Å². The highest BCUT2D eigenvalue weighted by atomic mass is 16.6. The first-order valence-corrected chi connectivity index (χ1v) is 5.50. The zero-order valence-electron chi connectivity index (χ0n) is 9.80. The van der Waals surface area contributed by atoms with Gasteiger partial charge in [0.2, 0.25) is 0 Å². The van der Waals surface area contributed by atoms with E-state index >= 15 is 0 Å². The lowest BCUT2D eigenvalue weighted by atomic mass is 10.1. The quantitative estimate of drug-likeness (QED) is 0.662. The number of fused-ring (bicyclic) bond motifs is 1. The van der Waals surface area contributed by atoms with E-state index in [0.29, 0.717) is 17.6 Å². The van der Waals surface area contributed by atoms with Crippen LogP contribution in [0.2, 0.25) is 0 Å². The van der Waals surface area contributed by atoms with E-state index in [-0.39, 0.29) is 23.2 Å². The Bertz CT molecular complexity index is 648. The molecule has 1 aromatic carbocycles. The molecule has 0 aliphatic heterocycles. The van der Waals surface area contributed by atoms with Crippen molar-refractivity contribution in [1.29, 1.82) is 0 Å². The van der Waals surface area contributed by atoms with Crippen LogP contribution in [0.4, 0.5) is 5.69 Å². The van der Waals surface area contributed by atoms with Gasteiger partial charge in [-0.25, -0.2) is 0 Å². The molecule has 1 heterocycles. The van der Waals surface area contributed by atoms with E-state index in [0.717, 1.165) is 0 Å². The van der Waals surface area contributed by atoms with Crippen molar-refractivity contribution in [3.05, 3.63) is 50.3 Å². The zero-order chi connectivity index (χ0) is 13.1. The van der Waals surface area contributed by atoms with Crippen LogP contribution in [0.3, 0.4) is 0 Å². The summed E-state index contributed by atoms with van der Waals surface area (Å²) < 4.78 is 5.17. The minimum Gasteiger partial charge on any atom is -0.377 e. The molecule has 0 aliphatic rings. The molecular formula is C12H12N2O4. The Morgan fingerprint density at radius 2 is 2.22 bits per heavy atom. The molecular weight excluding hydrogens is 236 g/mol. The predicted octanol–water partition coefficient (Wildman–Crippen LogP) is 1.97. The Balaban J connectivity index is 2.62. The van der Waals surface area contributed by atoms with Crippen LogP contribution < -0.4 is 5.43 Å². The molecule has 0 amide bonds. The summed E-state index contributed by atoms with van der Waals surface area (Å²) in [6.45, 7) is 2.54. The minimum absolute atomic E-state index is 0.104. The number of nitrogens with one attached hydrogen (secondary N) is 1. The molecule has 2 rings (SSSR count). The van der Waals surface area contributed by atoms with Crippen LogP contribution in [0, 0.1) is 10.1 Å². The number of aromatic nitrogens is 1. The molecule has 0 saturated carbocycles. The van der Waals surface area contributed by atoms with Crippen molar-refractivity contribution in [2.45, 2.75) is 13.5 Å². The van der Waals surface area contributed by atoms with Crippen molar-refractivity contribution < 1.29 is 9.66 Å². The normalized spacial score (nSPS) is 10.7. The Kier molecular flexibility index (Phi) is 3.38. The number of nitrogens with zero attached hydrogens (tertiary/aromatic N) is 1. The van der Waals surface area contributed by atoms with Crippen molar-refractivity contribution in [1.82, 2.24) is 4.98 Å². The summed E-state index contributed by atoms with van der Waals surface area (Å²) >= 11 is 0. The molecule has 0 unspecified atom stereocenters. The number of hydrogen-bond acceptors (Lipinski definition) is 4. The predicted molar refractivity (Wildman–Crippen MR) is 66.6 cm³/mol. The Morgan fingerprint density at radius 1 is 1.44 bits per heavy atom. The van der Waals surface area contributed by atoms with Crippen LogP contribution in [0.5, 0.6) is 0 Å². The van der Waals surface area contributed by atoms with Gasteiger partial charge in [0.05, 0.1) is 16.9 Å². The third-order valence-corrected chi connectivity index (χ3v) is 2.63. The second-order valence-electron chi connectivity index (χ2n) is 3.74. The van der Waals surface area contributed by atoms with Gasteiger partial charge in [0.1, 0.15) is 5.52 Å². The maximum atomic E-state index is 12.1. The Morgan fingerprint density at radius 3 is 2.89 bits per heavy atom. The fourth-order valence-corrected chi connectivity index (χ4v) is 1.75. The molecule has 1 N–H and O–H groups in total. The van der Waals surface area contributed by atoms with Crippen molar-refractivity contribution in [2.24, 2.45) is 0 Å². The van der Waals surface area contributed by atoms with E-state index in [1.807, 2.05) is 6.92 Å². The molecule has 6 nitrogen and oxygen atoms in total. The van der Waals surface area contributed by atoms with Crippen molar-refractivity contribution in [2.75, 3.05) is 6.61 Å². The van der Waals surface area contributed by atoms with Crippen molar-refractivity contribution in [3.8, 4) is 0 Å². The second kappa shape index (κ2) is 4.97. The number of para-hydroxylation sites is 1. The topological polar surface area (TPSA) is 85.2 Å². The van der Waals surface area contributed by atoms with Gasteiger partial charge in [-0.1, -0.05) is 6.07 Å². The van der Waals surface area contributed by atoms with E-state index in [1.165, 1.54) is 18.3 Å². The maximum absolute atomic E-state index is 12.1. The van der Waals surface area contributed by atoms with Crippen LogP contribution in [0.25, 0.3) is 10.9 Å². The third kappa shape index (κ3) is 2.10. The van der Waals surface area contributed by atoms with Gasteiger partial charge in [-0.05, 0) is 13.0 Å². The van der Waals surface area contributed by atoms with Crippen molar-refractivity contribution >= 4 is 16.6 Å². The fraction of sp³-hybridized carbons (Fsp3) is 0.250. The smallest absolute Gasteiger partial charge is 0.293 e. The van der Waals surface area contributed by atoms with Gasteiger partial charge in [0, 0.05) is 24.4 Å². The first-order valence-electron chi connectivity index (χ1n) is 5.50. The number of H-pyrrole nitrogens is 1. The number of hydrogen-bond donors (Lipinski definition) is 1. The zero-order valence-corrected chi connectivity index (χ0v) is 9.80. The average molecular weight is 248 g/mol. The molecule has 0 aliphatic carbocycles. The highest BCUT2D eigenvalue weighted by Gasteiger charge is 2.14. The van der Waals surface area contributed by atoms with Gasteiger partial charge in [0.25, 0.3) is 5.69 Å². The highest BCUT2D eigenvalue weighted by Crippen LogP contribution is 2.21. The summed E-state index contributed by atoms with van der Waals surface area (Å²) in [6.07, 6.45) is 1.47. The second-order valence-corrected chi connectivity index (χ2v) is 3.74. The number of aromatic amines is 1. The maximum Gasteiger partial charge on any atom is 0.293 e. The first-order chi connectivity index (χ1) is 8.65. The number of benzene rings is 1. The van der Waals surface area contributed by atoms with Crippen molar-refractivity contribution in [3.63, 3.8) is 0 Å². The molecule has 0 fully saturated rings. The number of nitro benzene ring substituents is 1. The monoisotopic (exact) mass is 248 g/mol. The summed E-state index contributed by atoms with van der Waals surface area (Å²) in [4.78, 5) is 25.2. The molecule has 2 aromatic rings. The van der Waals surface area contributed by atoms with E-state index in [9.17, 15) is 14.9 Å². The molecule has 0 atom stereocenters. The molecule has 0 spiro atoms. The van der Waals surface area contributed by atoms with E-state index in [2.05, 4.69) is 4.98 Å². The molecule has 18 heavy (non-hydrogen) atoms. The summed E-state index contributed by atoms with van der Waals surface area (Å²) in [6, 6.07) is 4.43. The minimum atomic E-state index is -0.513. The lowest BCUT2D eigenvalue weighted by Gasteiger charge is -2.03.